The van der Waals surface area contributed by atoms with Crippen molar-refractivity contribution in [2.24, 2.45) is 46.3 Å². The number of aliphatic hydroxyl groups is 13. The van der Waals surface area contributed by atoms with Crippen LogP contribution in [-0.4, -0.2) is 228 Å². The summed E-state index contributed by atoms with van der Waals surface area (Å²) in [7, 11) is 0. The van der Waals surface area contributed by atoms with Crippen molar-refractivity contribution in [3.8, 4) is 0 Å². The lowest BCUT2D eigenvalue weighted by Crippen LogP contribution is -2.66. The van der Waals surface area contributed by atoms with Gasteiger partial charge < -0.3 is 109 Å². The first-order valence-corrected chi connectivity index (χ1v) is 26.8. The Morgan fingerprint density at radius 3 is 1.96 bits per heavy atom. The highest BCUT2D eigenvalue weighted by Crippen LogP contribution is 2.70. The highest BCUT2D eigenvalue weighted by molar-refractivity contribution is 5.26. The van der Waals surface area contributed by atoms with Crippen molar-refractivity contribution < 1.29 is 109 Å². The second kappa shape index (κ2) is 22.2. The molecule has 5 aliphatic heterocycles. The van der Waals surface area contributed by atoms with E-state index in [1.54, 1.807) is 6.92 Å². The molecule has 0 aromatic rings. The molecule has 9 unspecified atom stereocenters. The first-order chi connectivity index (χ1) is 34.6. The molecule has 0 amide bonds. The van der Waals surface area contributed by atoms with Gasteiger partial charge in [0.25, 0.3) is 0 Å². The van der Waals surface area contributed by atoms with Crippen LogP contribution in [0.3, 0.4) is 0 Å². The molecule has 22 nitrogen and oxygen atoms in total. The molecule has 0 radical (unpaired) electrons. The van der Waals surface area contributed by atoms with Crippen molar-refractivity contribution >= 4 is 0 Å². The van der Waals surface area contributed by atoms with Crippen molar-refractivity contribution in [1.29, 1.82) is 0 Å². The van der Waals surface area contributed by atoms with E-state index in [0.29, 0.717) is 43.4 Å². The molecular formula is C51H84O22. The fraction of sp³-hybridized carbons (Fsp3) is 0.961. The average Bonchev–Trinajstić information content (AvgIpc) is 3.80. The van der Waals surface area contributed by atoms with Gasteiger partial charge in [-0.3, -0.25) is 0 Å². The van der Waals surface area contributed by atoms with Gasteiger partial charge in [-0.1, -0.05) is 39.3 Å². The molecule has 3 saturated carbocycles. The van der Waals surface area contributed by atoms with Gasteiger partial charge in [-0.2, -0.15) is 0 Å². The Morgan fingerprint density at radius 2 is 1.29 bits per heavy atom. The van der Waals surface area contributed by atoms with Crippen LogP contribution in [0.1, 0.15) is 98.8 Å². The van der Waals surface area contributed by atoms with Gasteiger partial charge in [0.05, 0.1) is 50.8 Å². The summed E-state index contributed by atoms with van der Waals surface area (Å²) in [4.78, 5) is 0. The van der Waals surface area contributed by atoms with Gasteiger partial charge in [0.2, 0.25) is 0 Å². The van der Waals surface area contributed by atoms with Crippen LogP contribution < -0.4 is 0 Å². The Kier molecular flexibility index (Phi) is 17.2. The normalized spacial score (nSPS) is 54.5. The summed E-state index contributed by atoms with van der Waals surface area (Å²) in [5, 5.41) is 138. The predicted octanol–water partition coefficient (Wildman–Crippen LogP) is -1.98. The SMILES string of the molecule is CC1O[C@@H](O[C@H]2C(O)[C@H](O[C@@H]3OC(CO)[C@@H](O)C(O)[C@@H]3O)C(CO)O[C@H]2O[C@H]2CC[C@@]3(C)C(=CC[C@H]4[C@@H]5CC6OC(O)(CC[C@@H](C)CO[C@@H]7OC(CO)[C@@H](O)C(O)[C@@H]7O)[C@@H](C)[C@@H]6[C@@]5(C)CC[C@@H]43)C2)[C@@H](O)C[C@H]1O. The molecule has 30 atom stereocenters. The molecule has 5 saturated heterocycles. The Labute approximate surface area is 426 Å². The molecule has 4 aliphatic carbocycles. The third kappa shape index (κ3) is 10.4. The van der Waals surface area contributed by atoms with E-state index in [9.17, 15) is 66.4 Å². The van der Waals surface area contributed by atoms with Gasteiger partial charge in [0, 0.05) is 18.8 Å². The van der Waals surface area contributed by atoms with E-state index in [1.807, 2.05) is 6.92 Å². The van der Waals surface area contributed by atoms with Crippen LogP contribution in [0.2, 0.25) is 0 Å². The maximum absolute atomic E-state index is 12.1. The summed E-state index contributed by atoms with van der Waals surface area (Å²) in [5.41, 5.74) is 1.10. The van der Waals surface area contributed by atoms with Crippen molar-refractivity contribution in [2.75, 3.05) is 26.4 Å². The highest BCUT2D eigenvalue weighted by Gasteiger charge is 2.68. The number of hydrogen-bond donors (Lipinski definition) is 13. The summed E-state index contributed by atoms with van der Waals surface area (Å²) in [5.74, 6) is -0.190. The van der Waals surface area contributed by atoms with E-state index in [-0.39, 0.29) is 47.7 Å². The zero-order chi connectivity index (χ0) is 52.6. The van der Waals surface area contributed by atoms with E-state index in [4.69, 9.17) is 42.6 Å². The van der Waals surface area contributed by atoms with Gasteiger partial charge in [0.1, 0.15) is 79.4 Å². The van der Waals surface area contributed by atoms with E-state index in [0.717, 1.165) is 32.1 Å². The summed E-state index contributed by atoms with van der Waals surface area (Å²) >= 11 is 0. The van der Waals surface area contributed by atoms with Crippen molar-refractivity contribution in [3.05, 3.63) is 11.6 Å². The van der Waals surface area contributed by atoms with Crippen LogP contribution in [0.4, 0.5) is 0 Å². The highest BCUT2D eigenvalue weighted by atomic mass is 16.8. The van der Waals surface area contributed by atoms with E-state index in [1.165, 1.54) is 5.57 Å². The fourth-order valence-corrected chi connectivity index (χ4v) is 14.9. The van der Waals surface area contributed by atoms with Crippen molar-refractivity contribution in [2.45, 2.75) is 234 Å². The van der Waals surface area contributed by atoms with Crippen LogP contribution in [-0.2, 0) is 42.6 Å². The zero-order valence-electron chi connectivity index (χ0n) is 42.6. The Morgan fingerprint density at radius 1 is 0.658 bits per heavy atom. The maximum atomic E-state index is 12.1. The summed E-state index contributed by atoms with van der Waals surface area (Å²) in [6, 6.07) is 0. The first-order valence-electron chi connectivity index (χ1n) is 26.8. The van der Waals surface area contributed by atoms with Crippen molar-refractivity contribution in [3.63, 3.8) is 0 Å². The summed E-state index contributed by atoms with van der Waals surface area (Å²) in [6.07, 6.45) is -18.1. The summed E-state index contributed by atoms with van der Waals surface area (Å²) in [6.45, 7) is 8.63. The molecular weight excluding hydrogens is 965 g/mol. The number of aliphatic hydroxyl groups excluding tert-OH is 12. The molecule has 13 N–H and O–H groups in total. The van der Waals surface area contributed by atoms with Gasteiger partial charge in [0.15, 0.2) is 30.9 Å². The van der Waals surface area contributed by atoms with Crippen LogP contribution >= 0.6 is 0 Å². The maximum Gasteiger partial charge on any atom is 0.187 e. The number of ether oxygens (including phenoxy) is 9. The third-order valence-corrected chi connectivity index (χ3v) is 19.4. The third-order valence-electron chi connectivity index (χ3n) is 19.4. The van der Waals surface area contributed by atoms with E-state index >= 15 is 0 Å². The molecule has 0 bridgehead atoms. The standard InChI is InChI=1S/C51H84O22/c1-21(20-65-46-40(61)38(59)36(57)32(17-52)68-46)8-13-51(64)22(2)35-31(73-51)15-28-26-7-6-24-14-25(9-11-49(24,4)27(26)10-12-50(28,35)5)67-48-44(72-45-30(56)16-29(55)23(3)66-45)42(63)43(34(19-54)70-48)71-47-41(62)39(60)37(58)33(18-53)69-47/h6,21-23,25-48,52-64H,7-20H2,1-5H3/t21-,22+,23?,25+,26-,27+,28+,29-,30+,31?,32?,33?,34?,35+,36-,37-,38?,39?,40+,41+,42?,43-,44+,45+,46-,47+,48-,49+,50+,51?/m1/s1. The fourth-order valence-electron chi connectivity index (χ4n) is 14.9. The van der Waals surface area contributed by atoms with Gasteiger partial charge in [-0.05, 0) is 98.7 Å². The number of hydrogen-bond acceptors (Lipinski definition) is 22. The first kappa shape index (κ1) is 56.6. The molecule has 0 spiro atoms. The number of fused-ring (bicyclic) bond motifs is 7. The lowest BCUT2D eigenvalue weighted by Gasteiger charge is -2.58. The molecule has 8 fully saturated rings. The van der Waals surface area contributed by atoms with Crippen molar-refractivity contribution in [1.82, 2.24) is 0 Å². The predicted molar refractivity (Wildman–Crippen MR) is 249 cm³/mol. The smallest absolute Gasteiger partial charge is 0.187 e. The molecule has 0 aromatic heterocycles. The van der Waals surface area contributed by atoms with Crippen LogP contribution in [0.15, 0.2) is 11.6 Å². The Hall–Kier alpha value is -1.14. The van der Waals surface area contributed by atoms with Gasteiger partial charge in [-0.15, -0.1) is 0 Å². The molecule has 9 aliphatic rings. The lowest BCUT2D eigenvalue weighted by molar-refractivity contribution is -0.385. The molecule has 22 heteroatoms. The Bertz CT molecular complexity index is 1880. The second-order valence-electron chi connectivity index (χ2n) is 23.7. The topological polar surface area (TPSA) is 346 Å². The molecule has 420 valence electrons. The van der Waals surface area contributed by atoms with Crippen LogP contribution in [0.5, 0.6) is 0 Å². The molecule has 9 rings (SSSR count). The largest absolute Gasteiger partial charge is 0.394 e. The lowest BCUT2D eigenvalue weighted by atomic mass is 9.47. The summed E-state index contributed by atoms with van der Waals surface area (Å²) < 4.78 is 54.7. The van der Waals surface area contributed by atoms with E-state index < -0.39 is 148 Å². The quantitative estimate of drug-likeness (QED) is 0.0791. The minimum Gasteiger partial charge on any atom is -0.394 e. The second-order valence-corrected chi connectivity index (χ2v) is 23.7. The minimum atomic E-state index is -1.82. The van der Waals surface area contributed by atoms with Crippen LogP contribution in [0, 0.1) is 46.3 Å². The number of allylic oxidation sites excluding steroid dienone is 1. The van der Waals surface area contributed by atoms with Gasteiger partial charge in [-0.25, -0.2) is 0 Å². The average molecular weight is 1050 g/mol. The molecule has 73 heavy (non-hydrogen) atoms. The van der Waals surface area contributed by atoms with E-state index in [2.05, 4.69) is 26.8 Å². The molecule has 5 heterocycles. The zero-order valence-corrected chi connectivity index (χ0v) is 42.6. The van der Waals surface area contributed by atoms with Crippen LogP contribution in [0.25, 0.3) is 0 Å². The number of rotatable bonds is 15. The Balaban J connectivity index is 0.842. The minimum absolute atomic E-state index is 0.0527. The monoisotopic (exact) mass is 1050 g/mol. The van der Waals surface area contributed by atoms with Gasteiger partial charge >= 0.3 is 0 Å². The molecule has 0 aromatic carbocycles.